The molecule has 0 aliphatic carbocycles. The van der Waals surface area contributed by atoms with Crippen molar-refractivity contribution < 1.29 is 33.6 Å². The fraction of sp³-hybridized carbons (Fsp3) is 0.500. The average Bonchev–Trinajstić information content (AvgIpc) is 2.58. The van der Waals surface area contributed by atoms with Crippen molar-refractivity contribution in [2.75, 3.05) is 40.6 Å². The van der Waals surface area contributed by atoms with Gasteiger partial charge in [-0.3, -0.25) is 9.68 Å². The third kappa shape index (κ3) is 7.23. The molecule has 0 fully saturated rings. The standard InChI is InChI=1S/C16H22O7/c1-19-7-3-9-21-15-11-13(5-6-14(15)12-17)16(18)23-22-10-4-8-20-2/h5-6,11-12H,3-4,7-10H2,1-2H3. The lowest BCUT2D eigenvalue weighted by molar-refractivity contribution is -0.242. The predicted octanol–water partition coefficient (Wildman–Crippen LogP) is 2.04. The van der Waals surface area contributed by atoms with E-state index in [0.717, 1.165) is 0 Å². The Morgan fingerprint density at radius 1 is 1.04 bits per heavy atom. The first-order chi connectivity index (χ1) is 11.2. The molecule has 1 aromatic carbocycles. The number of aldehydes is 1. The van der Waals surface area contributed by atoms with E-state index < -0.39 is 5.97 Å². The fourth-order valence-corrected chi connectivity index (χ4v) is 1.67. The molecule has 128 valence electrons. The van der Waals surface area contributed by atoms with Gasteiger partial charge >= 0.3 is 5.97 Å². The molecule has 0 unspecified atom stereocenters. The molecular formula is C16H22O7. The Labute approximate surface area is 135 Å². The Morgan fingerprint density at radius 3 is 2.39 bits per heavy atom. The van der Waals surface area contributed by atoms with Crippen molar-refractivity contribution in [3.05, 3.63) is 29.3 Å². The highest BCUT2D eigenvalue weighted by Gasteiger charge is 2.13. The quantitative estimate of drug-likeness (QED) is 0.252. The van der Waals surface area contributed by atoms with Crippen LogP contribution in [-0.2, 0) is 19.2 Å². The maximum absolute atomic E-state index is 11.9. The number of ether oxygens (including phenoxy) is 3. The van der Waals surface area contributed by atoms with Crippen LogP contribution in [0.3, 0.4) is 0 Å². The lowest BCUT2D eigenvalue weighted by atomic mass is 10.1. The van der Waals surface area contributed by atoms with Crippen LogP contribution in [0.1, 0.15) is 33.6 Å². The SMILES string of the molecule is COCCCOOC(=O)c1ccc(C=O)c(OCCCOC)c1. The third-order valence-electron chi connectivity index (χ3n) is 2.84. The normalized spacial score (nSPS) is 10.3. The van der Waals surface area contributed by atoms with Crippen molar-refractivity contribution in [3.63, 3.8) is 0 Å². The Hall–Kier alpha value is -1.96. The molecule has 0 N–H and O–H groups in total. The molecule has 0 aromatic heterocycles. The molecule has 0 saturated heterocycles. The van der Waals surface area contributed by atoms with Gasteiger partial charge in [0.15, 0.2) is 6.29 Å². The van der Waals surface area contributed by atoms with E-state index in [1.165, 1.54) is 18.2 Å². The van der Waals surface area contributed by atoms with E-state index in [9.17, 15) is 9.59 Å². The summed E-state index contributed by atoms with van der Waals surface area (Å²) in [6, 6.07) is 4.43. The third-order valence-corrected chi connectivity index (χ3v) is 2.84. The molecule has 0 bridgehead atoms. The van der Waals surface area contributed by atoms with Crippen molar-refractivity contribution >= 4 is 12.3 Å². The first-order valence-electron chi connectivity index (χ1n) is 7.26. The summed E-state index contributed by atoms with van der Waals surface area (Å²) >= 11 is 0. The van der Waals surface area contributed by atoms with Gasteiger partial charge < -0.3 is 14.2 Å². The van der Waals surface area contributed by atoms with E-state index in [1.807, 2.05) is 0 Å². The van der Waals surface area contributed by atoms with Crippen molar-refractivity contribution in [1.29, 1.82) is 0 Å². The van der Waals surface area contributed by atoms with Gasteiger partial charge in [-0.1, -0.05) is 0 Å². The highest BCUT2D eigenvalue weighted by atomic mass is 17.2. The molecule has 1 aromatic rings. The molecule has 1 rings (SSSR count). The summed E-state index contributed by atoms with van der Waals surface area (Å²) in [5.74, 6) is -0.327. The summed E-state index contributed by atoms with van der Waals surface area (Å²) in [6.07, 6.45) is 1.95. The highest BCUT2D eigenvalue weighted by molar-refractivity contribution is 5.91. The van der Waals surface area contributed by atoms with Crippen molar-refractivity contribution in [2.45, 2.75) is 12.8 Å². The van der Waals surface area contributed by atoms with Gasteiger partial charge in [-0.2, -0.15) is 4.89 Å². The summed E-state index contributed by atoms with van der Waals surface area (Å²) in [4.78, 5) is 32.4. The van der Waals surface area contributed by atoms with Crippen molar-refractivity contribution in [1.82, 2.24) is 0 Å². The van der Waals surface area contributed by atoms with E-state index in [2.05, 4.69) is 4.89 Å². The Kier molecular flexibility index (Phi) is 9.62. The van der Waals surface area contributed by atoms with E-state index in [-0.39, 0.29) is 12.2 Å². The number of benzene rings is 1. The number of carbonyl (C=O) groups excluding carboxylic acids is 2. The summed E-state index contributed by atoms with van der Waals surface area (Å²) < 4.78 is 15.3. The van der Waals surface area contributed by atoms with Crippen LogP contribution < -0.4 is 4.74 Å². The van der Waals surface area contributed by atoms with Crippen molar-refractivity contribution in [2.24, 2.45) is 0 Å². The Morgan fingerprint density at radius 2 is 1.74 bits per heavy atom. The summed E-state index contributed by atoms with van der Waals surface area (Å²) in [6.45, 7) is 1.69. The summed E-state index contributed by atoms with van der Waals surface area (Å²) in [5.41, 5.74) is 0.601. The molecule has 23 heavy (non-hydrogen) atoms. The van der Waals surface area contributed by atoms with Gasteiger partial charge in [0.1, 0.15) is 5.75 Å². The van der Waals surface area contributed by atoms with Gasteiger partial charge in [-0.05, 0) is 24.6 Å². The molecule has 0 heterocycles. The van der Waals surface area contributed by atoms with Gasteiger partial charge in [0.2, 0.25) is 0 Å². The van der Waals surface area contributed by atoms with Crippen LogP contribution in [0.5, 0.6) is 5.75 Å². The molecule has 0 saturated carbocycles. The van der Waals surface area contributed by atoms with E-state index in [4.69, 9.17) is 19.1 Å². The van der Waals surface area contributed by atoms with Gasteiger partial charge in [0.25, 0.3) is 0 Å². The Bertz CT molecular complexity index is 487. The molecular weight excluding hydrogens is 304 g/mol. The first-order valence-corrected chi connectivity index (χ1v) is 7.26. The minimum Gasteiger partial charge on any atom is -0.493 e. The zero-order chi connectivity index (χ0) is 16.9. The van der Waals surface area contributed by atoms with E-state index in [1.54, 1.807) is 14.2 Å². The van der Waals surface area contributed by atoms with Crippen LogP contribution in [0.25, 0.3) is 0 Å². The number of methoxy groups -OCH3 is 2. The lowest BCUT2D eigenvalue weighted by Gasteiger charge is -2.10. The second kappa shape index (κ2) is 11.6. The molecule has 0 amide bonds. The topological polar surface area (TPSA) is 80.3 Å². The Balaban J connectivity index is 2.57. The second-order valence-corrected chi connectivity index (χ2v) is 4.60. The first kappa shape index (κ1) is 19.1. The minimum atomic E-state index is -0.651. The van der Waals surface area contributed by atoms with E-state index >= 15 is 0 Å². The van der Waals surface area contributed by atoms with Crippen LogP contribution in [-0.4, -0.2) is 52.9 Å². The number of hydrogen-bond donors (Lipinski definition) is 0. The smallest absolute Gasteiger partial charge is 0.373 e. The van der Waals surface area contributed by atoms with E-state index in [0.29, 0.717) is 50.3 Å². The fourth-order valence-electron chi connectivity index (χ4n) is 1.67. The van der Waals surface area contributed by atoms with Crippen molar-refractivity contribution in [3.8, 4) is 5.75 Å². The zero-order valence-corrected chi connectivity index (χ0v) is 13.4. The van der Waals surface area contributed by atoms with Crippen LogP contribution in [0, 0.1) is 0 Å². The monoisotopic (exact) mass is 326 g/mol. The van der Waals surface area contributed by atoms with Gasteiger partial charge in [-0.15, -0.1) is 0 Å². The molecule has 0 aliphatic heterocycles. The number of carbonyl (C=O) groups is 2. The van der Waals surface area contributed by atoms with Crippen LogP contribution in [0.15, 0.2) is 18.2 Å². The molecule has 0 radical (unpaired) electrons. The summed E-state index contributed by atoms with van der Waals surface area (Å²) in [7, 11) is 3.18. The molecule has 0 aliphatic rings. The van der Waals surface area contributed by atoms with Crippen LogP contribution in [0.2, 0.25) is 0 Å². The van der Waals surface area contributed by atoms with Crippen LogP contribution >= 0.6 is 0 Å². The zero-order valence-electron chi connectivity index (χ0n) is 13.4. The lowest BCUT2D eigenvalue weighted by Crippen LogP contribution is -2.09. The van der Waals surface area contributed by atoms with Gasteiger partial charge in [0, 0.05) is 33.9 Å². The van der Waals surface area contributed by atoms with Gasteiger partial charge in [-0.25, -0.2) is 4.79 Å². The molecule has 0 atom stereocenters. The predicted molar refractivity (Wildman–Crippen MR) is 81.7 cm³/mol. The minimum absolute atomic E-state index is 0.240. The second-order valence-electron chi connectivity index (χ2n) is 4.60. The highest BCUT2D eigenvalue weighted by Crippen LogP contribution is 2.20. The largest absolute Gasteiger partial charge is 0.493 e. The molecule has 7 heteroatoms. The molecule has 0 spiro atoms. The number of hydrogen-bond acceptors (Lipinski definition) is 7. The average molecular weight is 326 g/mol. The van der Waals surface area contributed by atoms with Gasteiger partial charge in [0.05, 0.1) is 24.3 Å². The maximum Gasteiger partial charge on any atom is 0.373 e. The maximum atomic E-state index is 11.9. The molecule has 7 nitrogen and oxygen atoms in total. The number of rotatable bonds is 12. The van der Waals surface area contributed by atoms with Crippen LogP contribution in [0.4, 0.5) is 0 Å². The summed E-state index contributed by atoms with van der Waals surface area (Å²) in [5, 5.41) is 0.